The summed E-state index contributed by atoms with van der Waals surface area (Å²) >= 11 is 0. The minimum absolute atomic E-state index is 0.0127. The maximum Gasteiger partial charge on any atom is 0.333 e. The second-order valence-corrected chi connectivity index (χ2v) is 3.93. The number of nitro benzene ring substituents is 1. The quantitative estimate of drug-likeness (QED) is 0.338. The number of unbranched alkanes of at least 4 members (excludes halogenated alkanes) is 2. The second-order valence-electron chi connectivity index (χ2n) is 3.93. The summed E-state index contributed by atoms with van der Waals surface area (Å²) in [4.78, 5) is 10.7. The minimum atomic E-state index is -0.422. The van der Waals surface area contributed by atoms with Gasteiger partial charge in [0.1, 0.15) is 5.69 Å². The van der Waals surface area contributed by atoms with Gasteiger partial charge in [0.15, 0.2) is 5.75 Å². The van der Waals surface area contributed by atoms with Crippen LogP contribution < -0.4 is 10.1 Å². The number of anilines is 1. The normalized spacial score (nSPS) is 9.68. The molecule has 0 fully saturated rings. The van der Waals surface area contributed by atoms with Crippen molar-refractivity contribution in [2.24, 2.45) is 0 Å². The number of hydrogen-bond donors (Lipinski definition) is 1. The summed E-state index contributed by atoms with van der Waals surface area (Å²) in [6.07, 6.45) is 7.67. The highest BCUT2D eigenvalue weighted by atomic mass is 16.6. The van der Waals surface area contributed by atoms with E-state index >= 15 is 0 Å². The largest absolute Gasteiger partial charge is 0.487 e. The van der Waals surface area contributed by atoms with E-state index in [1.165, 1.54) is 0 Å². The summed E-state index contributed by atoms with van der Waals surface area (Å²) in [5.41, 5.74) is 0.470. The van der Waals surface area contributed by atoms with Gasteiger partial charge in [-0.1, -0.05) is 6.07 Å². The van der Waals surface area contributed by atoms with Gasteiger partial charge in [-0.15, -0.1) is 12.3 Å². The van der Waals surface area contributed by atoms with Gasteiger partial charge in [0.2, 0.25) is 0 Å². The van der Waals surface area contributed by atoms with Crippen molar-refractivity contribution < 1.29 is 9.66 Å². The molecule has 1 aromatic carbocycles. The van der Waals surface area contributed by atoms with E-state index < -0.39 is 4.92 Å². The number of para-hydroxylation sites is 1. The molecule has 0 heterocycles. The Kier molecular flexibility index (Phi) is 6.23. The summed E-state index contributed by atoms with van der Waals surface area (Å²) in [6, 6.07) is 5.02. The number of ether oxygens (including phenoxy) is 1. The molecule has 0 radical (unpaired) electrons. The molecule has 0 aliphatic rings. The molecule has 1 rings (SSSR count). The lowest BCUT2D eigenvalue weighted by Crippen LogP contribution is -2.06. The number of rotatable bonds is 8. The Bertz CT molecular complexity index is 466. The molecule has 0 unspecified atom stereocenters. The molecule has 0 amide bonds. The number of nitro groups is 1. The van der Waals surface area contributed by atoms with E-state index in [0.717, 1.165) is 19.3 Å². The smallest absolute Gasteiger partial charge is 0.333 e. The zero-order chi connectivity index (χ0) is 14.1. The molecule has 19 heavy (non-hydrogen) atoms. The molecule has 5 nitrogen and oxygen atoms in total. The van der Waals surface area contributed by atoms with Crippen molar-refractivity contribution in [1.29, 1.82) is 0 Å². The van der Waals surface area contributed by atoms with Crippen molar-refractivity contribution in [3.8, 4) is 18.1 Å². The zero-order valence-electron chi connectivity index (χ0n) is 11.0. The molecule has 0 saturated heterocycles. The van der Waals surface area contributed by atoms with E-state index in [1.807, 2.05) is 0 Å². The standard InChI is InChI=1S/C14H18N2O3/c1-3-5-6-7-11-15-12-9-8-10-13(19-4-2)14(12)16(17)18/h1,8-10,15H,4-7,11H2,2H3. The summed E-state index contributed by atoms with van der Waals surface area (Å²) in [6.45, 7) is 2.84. The van der Waals surface area contributed by atoms with Crippen LogP contribution in [0.4, 0.5) is 11.4 Å². The molecule has 0 saturated carbocycles. The molecule has 1 N–H and O–H groups in total. The molecule has 102 valence electrons. The van der Waals surface area contributed by atoms with Crippen molar-refractivity contribution in [2.75, 3.05) is 18.5 Å². The molecular formula is C14H18N2O3. The average molecular weight is 262 g/mol. The van der Waals surface area contributed by atoms with E-state index in [1.54, 1.807) is 25.1 Å². The first-order valence-corrected chi connectivity index (χ1v) is 6.28. The number of terminal acetylenes is 1. The van der Waals surface area contributed by atoms with E-state index in [2.05, 4.69) is 11.2 Å². The number of hydrogen-bond acceptors (Lipinski definition) is 4. The Labute approximate surface area is 113 Å². The zero-order valence-corrected chi connectivity index (χ0v) is 11.0. The molecule has 0 aliphatic carbocycles. The van der Waals surface area contributed by atoms with E-state index in [4.69, 9.17) is 11.2 Å². The monoisotopic (exact) mass is 262 g/mol. The summed E-state index contributed by atoms with van der Waals surface area (Å²) in [7, 11) is 0. The third-order valence-electron chi connectivity index (χ3n) is 2.54. The first kappa shape index (κ1) is 14.8. The lowest BCUT2D eigenvalue weighted by molar-refractivity contribution is -0.384. The van der Waals surface area contributed by atoms with Crippen molar-refractivity contribution >= 4 is 11.4 Å². The third-order valence-corrected chi connectivity index (χ3v) is 2.54. The molecule has 0 atom stereocenters. The fourth-order valence-electron chi connectivity index (χ4n) is 1.70. The Morgan fingerprint density at radius 3 is 2.89 bits per heavy atom. The average Bonchev–Trinajstić information content (AvgIpc) is 2.38. The molecule has 5 heteroatoms. The van der Waals surface area contributed by atoms with Crippen LogP contribution in [-0.2, 0) is 0 Å². The molecule has 0 spiro atoms. The van der Waals surface area contributed by atoms with Crippen molar-refractivity contribution in [3.05, 3.63) is 28.3 Å². The SMILES string of the molecule is C#CCCCCNc1cccc(OCC)c1[N+](=O)[O-]. The fourth-order valence-corrected chi connectivity index (χ4v) is 1.70. The Morgan fingerprint density at radius 1 is 1.47 bits per heavy atom. The highest BCUT2D eigenvalue weighted by molar-refractivity contribution is 5.68. The maximum absolute atomic E-state index is 11.1. The van der Waals surface area contributed by atoms with Gasteiger partial charge in [0, 0.05) is 13.0 Å². The van der Waals surface area contributed by atoms with Crippen LogP contribution in [0.15, 0.2) is 18.2 Å². The van der Waals surface area contributed by atoms with Crippen LogP contribution in [0.2, 0.25) is 0 Å². The minimum Gasteiger partial charge on any atom is -0.487 e. The highest BCUT2D eigenvalue weighted by Gasteiger charge is 2.20. The molecule has 0 aromatic heterocycles. The van der Waals surface area contributed by atoms with Gasteiger partial charge >= 0.3 is 5.69 Å². The van der Waals surface area contributed by atoms with Gasteiger partial charge in [-0.25, -0.2) is 0 Å². The van der Waals surface area contributed by atoms with E-state index in [-0.39, 0.29) is 5.69 Å². The predicted octanol–water partition coefficient (Wildman–Crippen LogP) is 3.21. The van der Waals surface area contributed by atoms with E-state index in [9.17, 15) is 10.1 Å². The number of nitrogens with zero attached hydrogens (tertiary/aromatic N) is 1. The molecule has 0 aliphatic heterocycles. The molecular weight excluding hydrogens is 244 g/mol. The molecule has 1 aromatic rings. The van der Waals surface area contributed by atoms with Crippen LogP contribution in [0.5, 0.6) is 5.75 Å². The van der Waals surface area contributed by atoms with Gasteiger partial charge in [0.25, 0.3) is 0 Å². The van der Waals surface area contributed by atoms with Crippen molar-refractivity contribution in [2.45, 2.75) is 26.2 Å². The van der Waals surface area contributed by atoms with E-state index in [0.29, 0.717) is 24.6 Å². The highest BCUT2D eigenvalue weighted by Crippen LogP contribution is 2.34. The first-order chi connectivity index (χ1) is 9.20. The van der Waals surface area contributed by atoms with Gasteiger partial charge in [-0.05, 0) is 31.9 Å². The van der Waals surface area contributed by atoms with Crippen LogP contribution in [0.25, 0.3) is 0 Å². The summed E-state index contributed by atoms with van der Waals surface area (Å²) in [5.74, 6) is 2.86. The lowest BCUT2D eigenvalue weighted by Gasteiger charge is -2.10. The number of benzene rings is 1. The van der Waals surface area contributed by atoms with Gasteiger partial charge in [-0.3, -0.25) is 10.1 Å². The summed E-state index contributed by atoms with van der Waals surface area (Å²) in [5, 5.41) is 14.2. The first-order valence-electron chi connectivity index (χ1n) is 6.28. The van der Waals surface area contributed by atoms with Crippen LogP contribution in [-0.4, -0.2) is 18.1 Å². The van der Waals surface area contributed by atoms with Gasteiger partial charge in [-0.2, -0.15) is 0 Å². The fraction of sp³-hybridized carbons (Fsp3) is 0.429. The lowest BCUT2D eigenvalue weighted by atomic mass is 10.2. The Balaban J connectivity index is 2.74. The van der Waals surface area contributed by atoms with Crippen LogP contribution in [0.3, 0.4) is 0 Å². The number of nitrogens with one attached hydrogen (secondary N) is 1. The molecule has 0 bridgehead atoms. The van der Waals surface area contributed by atoms with Gasteiger partial charge < -0.3 is 10.1 Å². The van der Waals surface area contributed by atoms with Crippen molar-refractivity contribution in [3.63, 3.8) is 0 Å². The predicted molar refractivity (Wildman–Crippen MR) is 75.4 cm³/mol. The summed E-state index contributed by atoms with van der Waals surface area (Å²) < 4.78 is 5.28. The van der Waals surface area contributed by atoms with Crippen LogP contribution in [0.1, 0.15) is 26.2 Å². The van der Waals surface area contributed by atoms with Gasteiger partial charge in [0.05, 0.1) is 11.5 Å². The van der Waals surface area contributed by atoms with Crippen molar-refractivity contribution in [1.82, 2.24) is 0 Å². The second kappa shape index (κ2) is 7.98. The Hall–Kier alpha value is -2.22. The third kappa shape index (κ3) is 4.51. The topological polar surface area (TPSA) is 64.4 Å². The Morgan fingerprint density at radius 2 is 2.26 bits per heavy atom. The maximum atomic E-state index is 11.1. The van der Waals surface area contributed by atoms with Crippen LogP contribution >= 0.6 is 0 Å². The van der Waals surface area contributed by atoms with Crippen LogP contribution in [0, 0.1) is 22.5 Å².